The van der Waals surface area contributed by atoms with E-state index in [1.54, 1.807) is 30.3 Å². The first-order valence-electron chi connectivity index (χ1n) is 11.8. The van der Waals surface area contributed by atoms with Crippen molar-refractivity contribution < 1.29 is 18.0 Å². The molecule has 0 aliphatic rings. The van der Waals surface area contributed by atoms with Crippen molar-refractivity contribution in [2.24, 2.45) is 5.92 Å². The van der Waals surface area contributed by atoms with Crippen LogP contribution in [0.2, 0.25) is 10.0 Å². The predicted octanol–water partition coefficient (Wildman–Crippen LogP) is 4.96. The van der Waals surface area contributed by atoms with Crippen LogP contribution in [0, 0.1) is 19.8 Å². The Morgan fingerprint density at radius 1 is 1.06 bits per heavy atom. The second-order valence-corrected chi connectivity index (χ2v) is 12.0. The van der Waals surface area contributed by atoms with Crippen LogP contribution in [-0.2, 0) is 26.2 Å². The summed E-state index contributed by atoms with van der Waals surface area (Å²) in [7, 11) is -3.80. The molecule has 0 spiro atoms. The number of aryl methyl sites for hydroxylation is 1. The number of amides is 2. The van der Waals surface area contributed by atoms with Gasteiger partial charge in [-0.05, 0) is 61.1 Å². The number of hydrogen-bond acceptors (Lipinski definition) is 4. The van der Waals surface area contributed by atoms with Gasteiger partial charge in [0.2, 0.25) is 21.8 Å². The summed E-state index contributed by atoms with van der Waals surface area (Å²) in [6.07, 6.45) is 1.41. The molecule has 0 radical (unpaired) electrons. The Hall–Kier alpha value is -2.29. The third kappa shape index (κ3) is 7.85. The first-order valence-corrected chi connectivity index (χ1v) is 14.4. The Bertz CT molecular complexity index is 1200. The summed E-state index contributed by atoms with van der Waals surface area (Å²) in [5.41, 5.74) is 2.76. The highest BCUT2D eigenvalue weighted by Gasteiger charge is 2.32. The maximum atomic E-state index is 13.7. The molecule has 0 fully saturated rings. The molecule has 0 aromatic heterocycles. The molecular formula is C26H35Cl2N3O4S. The van der Waals surface area contributed by atoms with E-state index >= 15 is 0 Å². The molecule has 0 bridgehead atoms. The summed E-state index contributed by atoms with van der Waals surface area (Å²) in [6.45, 7) is 9.54. The van der Waals surface area contributed by atoms with Gasteiger partial charge in [0.05, 0.1) is 22.0 Å². The van der Waals surface area contributed by atoms with Gasteiger partial charge in [0.1, 0.15) is 12.6 Å². The number of halogens is 2. The topological polar surface area (TPSA) is 86.8 Å². The van der Waals surface area contributed by atoms with Crippen molar-refractivity contribution in [2.45, 2.75) is 53.6 Å². The van der Waals surface area contributed by atoms with Crippen LogP contribution < -0.4 is 9.62 Å². The molecule has 0 aliphatic carbocycles. The first-order chi connectivity index (χ1) is 16.8. The second-order valence-electron chi connectivity index (χ2n) is 9.32. The normalized spacial score (nSPS) is 12.4. The van der Waals surface area contributed by atoms with Crippen molar-refractivity contribution in [1.29, 1.82) is 0 Å². The van der Waals surface area contributed by atoms with Gasteiger partial charge in [-0.1, -0.05) is 62.2 Å². The van der Waals surface area contributed by atoms with E-state index in [2.05, 4.69) is 5.32 Å². The first kappa shape index (κ1) is 29.9. The lowest BCUT2D eigenvalue weighted by atomic mass is 10.1. The number of carbonyl (C=O) groups is 2. The van der Waals surface area contributed by atoms with Gasteiger partial charge in [-0.2, -0.15) is 0 Å². The average Bonchev–Trinajstić information content (AvgIpc) is 2.79. The highest BCUT2D eigenvalue weighted by Crippen LogP contribution is 2.27. The number of benzene rings is 2. The highest BCUT2D eigenvalue weighted by atomic mass is 35.5. The summed E-state index contributed by atoms with van der Waals surface area (Å²) in [4.78, 5) is 28.3. The molecule has 7 nitrogen and oxygen atoms in total. The molecule has 2 rings (SSSR count). The Labute approximate surface area is 224 Å². The van der Waals surface area contributed by atoms with Gasteiger partial charge in [-0.25, -0.2) is 8.42 Å². The largest absolute Gasteiger partial charge is 0.354 e. The molecule has 1 N–H and O–H groups in total. The van der Waals surface area contributed by atoms with Crippen molar-refractivity contribution in [3.05, 3.63) is 63.1 Å². The molecule has 2 aromatic carbocycles. The van der Waals surface area contributed by atoms with Crippen LogP contribution in [0.1, 0.15) is 43.9 Å². The van der Waals surface area contributed by atoms with Crippen molar-refractivity contribution in [3.8, 4) is 0 Å². The average molecular weight is 557 g/mol. The zero-order chi connectivity index (χ0) is 27.2. The van der Waals surface area contributed by atoms with Crippen molar-refractivity contribution in [2.75, 3.05) is 23.7 Å². The lowest BCUT2D eigenvalue weighted by Gasteiger charge is -2.33. The number of nitrogens with zero attached hydrogens (tertiary/aromatic N) is 2. The fraction of sp³-hybridized carbons (Fsp3) is 0.462. The van der Waals surface area contributed by atoms with Crippen LogP contribution in [0.15, 0.2) is 36.4 Å². The Morgan fingerprint density at radius 2 is 1.72 bits per heavy atom. The number of anilines is 1. The van der Waals surface area contributed by atoms with Gasteiger partial charge in [0, 0.05) is 13.1 Å². The van der Waals surface area contributed by atoms with Crippen LogP contribution >= 0.6 is 23.2 Å². The van der Waals surface area contributed by atoms with Crippen LogP contribution in [0.4, 0.5) is 5.69 Å². The Morgan fingerprint density at radius 3 is 2.28 bits per heavy atom. The minimum absolute atomic E-state index is 0.0632. The highest BCUT2D eigenvalue weighted by molar-refractivity contribution is 7.92. The molecule has 0 saturated carbocycles. The predicted molar refractivity (Wildman–Crippen MR) is 147 cm³/mol. The maximum absolute atomic E-state index is 13.7. The fourth-order valence-corrected chi connectivity index (χ4v) is 5.00. The molecular weight excluding hydrogens is 521 g/mol. The molecule has 2 aromatic rings. The van der Waals surface area contributed by atoms with Crippen LogP contribution in [0.3, 0.4) is 0 Å². The smallest absolute Gasteiger partial charge is 0.244 e. The Balaban J connectivity index is 2.49. The van der Waals surface area contributed by atoms with E-state index in [1.165, 1.54) is 4.90 Å². The lowest BCUT2D eigenvalue weighted by Crippen LogP contribution is -2.52. The van der Waals surface area contributed by atoms with E-state index in [-0.39, 0.29) is 18.4 Å². The minimum Gasteiger partial charge on any atom is -0.354 e. The van der Waals surface area contributed by atoms with Gasteiger partial charge in [-0.3, -0.25) is 13.9 Å². The third-order valence-electron chi connectivity index (χ3n) is 5.93. The molecule has 0 unspecified atom stereocenters. The fourth-order valence-electron chi connectivity index (χ4n) is 3.78. The lowest BCUT2D eigenvalue weighted by molar-refractivity contribution is -0.140. The third-order valence-corrected chi connectivity index (χ3v) is 7.80. The second kappa shape index (κ2) is 12.8. The zero-order valence-electron chi connectivity index (χ0n) is 21.6. The molecule has 36 heavy (non-hydrogen) atoms. The van der Waals surface area contributed by atoms with E-state index in [1.807, 2.05) is 40.7 Å². The van der Waals surface area contributed by atoms with Gasteiger partial charge in [0.25, 0.3) is 0 Å². The molecule has 198 valence electrons. The van der Waals surface area contributed by atoms with Gasteiger partial charge >= 0.3 is 0 Å². The minimum atomic E-state index is -3.80. The van der Waals surface area contributed by atoms with E-state index in [0.29, 0.717) is 34.3 Å². The molecule has 0 aliphatic heterocycles. The maximum Gasteiger partial charge on any atom is 0.244 e. The summed E-state index contributed by atoms with van der Waals surface area (Å²) < 4.78 is 26.7. The quantitative estimate of drug-likeness (QED) is 0.424. The summed E-state index contributed by atoms with van der Waals surface area (Å²) in [6, 6.07) is 9.50. The van der Waals surface area contributed by atoms with E-state index in [4.69, 9.17) is 23.2 Å². The summed E-state index contributed by atoms with van der Waals surface area (Å²) in [5, 5.41) is 3.59. The molecule has 0 saturated heterocycles. The monoisotopic (exact) mass is 555 g/mol. The molecule has 1 atom stereocenters. The zero-order valence-corrected chi connectivity index (χ0v) is 24.0. The van der Waals surface area contributed by atoms with Crippen LogP contribution in [-0.4, -0.2) is 50.5 Å². The van der Waals surface area contributed by atoms with Crippen LogP contribution in [0.5, 0.6) is 0 Å². The van der Waals surface area contributed by atoms with Gasteiger partial charge in [0.15, 0.2) is 0 Å². The number of sulfonamides is 1. The number of carbonyl (C=O) groups excluding carboxylic acids is 2. The van der Waals surface area contributed by atoms with Gasteiger partial charge < -0.3 is 10.2 Å². The summed E-state index contributed by atoms with van der Waals surface area (Å²) in [5.74, 6) is -0.563. The molecule has 10 heteroatoms. The number of hydrogen-bond donors (Lipinski definition) is 1. The number of nitrogens with one attached hydrogen (secondary N) is 1. The van der Waals surface area contributed by atoms with Crippen LogP contribution in [0.25, 0.3) is 0 Å². The van der Waals surface area contributed by atoms with Crippen molar-refractivity contribution in [3.63, 3.8) is 0 Å². The SMILES string of the molecule is CC[C@H](C(=O)NCC(C)C)N(Cc1ccc(Cl)c(Cl)c1)C(=O)CN(c1cccc(C)c1C)S(C)(=O)=O. The summed E-state index contributed by atoms with van der Waals surface area (Å²) >= 11 is 12.2. The standard InChI is InChI=1S/C26H35Cl2N3O4S/c1-7-23(26(33)29-14-17(2)3)30(15-20-11-12-21(27)22(28)13-20)25(32)16-31(36(6,34)35)24-10-8-9-18(4)19(24)5/h8-13,17,23H,7,14-16H2,1-6H3,(H,29,33)/t23-/m1/s1. The van der Waals surface area contributed by atoms with Crippen molar-refractivity contribution in [1.82, 2.24) is 10.2 Å². The van der Waals surface area contributed by atoms with Crippen molar-refractivity contribution >= 4 is 50.7 Å². The molecule has 0 heterocycles. The van der Waals surface area contributed by atoms with E-state index in [0.717, 1.165) is 21.7 Å². The van der Waals surface area contributed by atoms with Gasteiger partial charge in [-0.15, -0.1) is 0 Å². The number of rotatable bonds is 11. The van der Waals surface area contributed by atoms with E-state index in [9.17, 15) is 18.0 Å². The Kier molecular flexibility index (Phi) is 10.6. The molecule has 2 amide bonds. The van der Waals surface area contributed by atoms with E-state index < -0.39 is 28.5 Å².